The topological polar surface area (TPSA) is 86.7 Å². The Kier molecular flexibility index (Phi) is 3.16. The maximum absolute atomic E-state index is 11.2. The van der Waals surface area contributed by atoms with E-state index in [1.165, 1.54) is 4.90 Å². The van der Waals surface area contributed by atoms with E-state index in [1.807, 2.05) is 6.07 Å². The van der Waals surface area contributed by atoms with E-state index in [1.54, 1.807) is 12.1 Å². The van der Waals surface area contributed by atoms with E-state index >= 15 is 0 Å². The molecule has 0 unspecified atom stereocenters. The summed E-state index contributed by atoms with van der Waals surface area (Å²) in [6, 6.07) is 5.23. The van der Waals surface area contributed by atoms with E-state index in [4.69, 9.17) is 5.11 Å². The lowest BCUT2D eigenvalue weighted by molar-refractivity contribution is 0.140. The number of sulfonamides is 1. The van der Waals surface area contributed by atoms with Crippen LogP contribution >= 0.6 is 0 Å². The Bertz CT molecular complexity index is 583. The summed E-state index contributed by atoms with van der Waals surface area (Å²) in [6.07, 6.45) is 0.654. The van der Waals surface area contributed by atoms with Crippen LogP contribution in [0.3, 0.4) is 0 Å². The van der Waals surface area contributed by atoms with E-state index < -0.39 is 16.1 Å². The number of carboxylic acid groups (broad SMARTS) is 1. The van der Waals surface area contributed by atoms with Crippen LogP contribution < -0.4 is 4.72 Å². The van der Waals surface area contributed by atoms with Gasteiger partial charge in [-0.05, 0) is 23.6 Å². The molecular weight excluding hydrogens is 256 g/mol. The Morgan fingerprint density at radius 3 is 2.78 bits per heavy atom. The van der Waals surface area contributed by atoms with Crippen LogP contribution in [0.25, 0.3) is 0 Å². The van der Waals surface area contributed by atoms with Gasteiger partial charge in [0.2, 0.25) is 10.0 Å². The van der Waals surface area contributed by atoms with Gasteiger partial charge < -0.3 is 10.0 Å². The highest BCUT2D eigenvalue weighted by Crippen LogP contribution is 2.26. The Hall–Kier alpha value is -1.76. The first-order chi connectivity index (χ1) is 8.37. The number of nitrogens with one attached hydrogen (secondary N) is 1. The first-order valence-corrected chi connectivity index (χ1v) is 7.32. The summed E-state index contributed by atoms with van der Waals surface area (Å²) in [5.41, 5.74) is 2.26. The molecule has 2 rings (SSSR count). The quantitative estimate of drug-likeness (QED) is 0.842. The van der Waals surface area contributed by atoms with Crippen molar-refractivity contribution in [1.82, 2.24) is 4.90 Å². The normalized spacial score (nSPS) is 15.1. The van der Waals surface area contributed by atoms with E-state index in [0.29, 0.717) is 25.2 Å². The van der Waals surface area contributed by atoms with E-state index in [0.717, 1.165) is 17.4 Å². The molecule has 0 radical (unpaired) electrons. The van der Waals surface area contributed by atoms with Gasteiger partial charge in [0, 0.05) is 13.1 Å². The summed E-state index contributed by atoms with van der Waals surface area (Å²) in [5.74, 6) is 0. The van der Waals surface area contributed by atoms with Crippen LogP contribution in [0.5, 0.6) is 0 Å². The molecule has 98 valence electrons. The molecule has 1 heterocycles. The van der Waals surface area contributed by atoms with Crippen molar-refractivity contribution in [2.45, 2.75) is 13.0 Å². The predicted octanol–water partition coefficient (Wildman–Crippen LogP) is 1.09. The number of benzene rings is 1. The van der Waals surface area contributed by atoms with Crippen molar-refractivity contribution in [3.05, 3.63) is 29.3 Å². The molecule has 1 aromatic carbocycles. The standard InChI is InChI=1S/C11H14N2O4S/c1-18(16,17)12-10-4-2-3-8-7-13(11(14)15)6-5-9(8)10/h2-4,12H,5-7H2,1H3,(H,14,15). The van der Waals surface area contributed by atoms with Crippen molar-refractivity contribution in [1.29, 1.82) is 0 Å². The maximum Gasteiger partial charge on any atom is 0.407 e. The number of hydrogen-bond donors (Lipinski definition) is 2. The van der Waals surface area contributed by atoms with Crippen molar-refractivity contribution in [2.75, 3.05) is 17.5 Å². The number of amides is 1. The zero-order valence-corrected chi connectivity index (χ0v) is 10.7. The van der Waals surface area contributed by atoms with Gasteiger partial charge in [-0.2, -0.15) is 0 Å². The van der Waals surface area contributed by atoms with Crippen molar-refractivity contribution in [2.24, 2.45) is 0 Å². The molecule has 2 N–H and O–H groups in total. The Morgan fingerprint density at radius 1 is 1.44 bits per heavy atom. The van der Waals surface area contributed by atoms with Crippen LogP contribution in [-0.2, 0) is 23.0 Å². The molecule has 7 heteroatoms. The molecule has 0 aromatic heterocycles. The first kappa shape index (κ1) is 12.7. The Balaban J connectivity index is 2.33. The average molecular weight is 270 g/mol. The summed E-state index contributed by atoms with van der Waals surface area (Å²) < 4.78 is 24.9. The third-order valence-corrected chi connectivity index (χ3v) is 3.42. The van der Waals surface area contributed by atoms with Gasteiger partial charge in [-0.3, -0.25) is 4.72 Å². The molecule has 1 aromatic rings. The molecular formula is C11H14N2O4S. The molecule has 0 bridgehead atoms. The maximum atomic E-state index is 11.2. The van der Waals surface area contributed by atoms with Crippen LogP contribution in [0.1, 0.15) is 11.1 Å². The summed E-state index contributed by atoms with van der Waals surface area (Å²) >= 11 is 0. The summed E-state index contributed by atoms with van der Waals surface area (Å²) in [4.78, 5) is 12.2. The van der Waals surface area contributed by atoms with Crippen molar-refractivity contribution in [3.8, 4) is 0 Å². The fraction of sp³-hybridized carbons (Fsp3) is 0.364. The zero-order valence-electron chi connectivity index (χ0n) is 9.88. The van der Waals surface area contributed by atoms with Crippen LogP contribution in [0.4, 0.5) is 10.5 Å². The molecule has 0 saturated heterocycles. The molecule has 18 heavy (non-hydrogen) atoms. The highest BCUT2D eigenvalue weighted by Gasteiger charge is 2.22. The predicted molar refractivity (Wildman–Crippen MR) is 67.0 cm³/mol. The van der Waals surface area contributed by atoms with Gasteiger partial charge in [0.05, 0.1) is 11.9 Å². The van der Waals surface area contributed by atoms with Crippen LogP contribution in [-0.4, -0.2) is 37.3 Å². The first-order valence-electron chi connectivity index (χ1n) is 5.43. The molecule has 0 spiro atoms. The number of anilines is 1. The molecule has 1 aliphatic rings. The SMILES string of the molecule is CS(=O)(=O)Nc1cccc2c1CCN(C(=O)O)C2. The van der Waals surface area contributed by atoms with Crippen LogP contribution in [0.2, 0.25) is 0 Å². The summed E-state index contributed by atoms with van der Waals surface area (Å²) in [5, 5.41) is 8.93. The number of nitrogens with zero attached hydrogens (tertiary/aromatic N) is 1. The second-order valence-electron chi connectivity index (χ2n) is 4.27. The second kappa shape index (κ2) is 4.49. The van der Waals surface area contributed by atoms with E-state index in [-0.39, 0.29) is 0 Å². The van der Waals surface area contributed by atoms with Crippen LogP contribution in [0, 0.1) is 0 Å². The summed E-state index contributed by atoms with van der Waals surface area (Å²) in [6.45, 7) is 0.675. The fourth-order valence-electron chi connectivity index (χ4n) is 2.07. The lowest BCUT2D eigenvalue weighted by Crippen LogP contribution is -2.35. The van der Waals surface area contributed by atoms with E-state index in [9.17, 15) is 13.2 Å². The minimum atomic E-state index is -3.32. The van der Waals surface area contributed by atoms with Crippen molar-refractivity contribution in [3.63, 3.8) is 0 Å². The third kappa shape index (κ3) is 2.73. The molecule has 0 atom stereocenters. The monoisotopic (exact) mass is 270 g/mol. The van der Waals surface area contributed by atoms with Gasteiger partial charge in [-0.15, -0.1) is 0 Å². The minimum Gasteiger partial charge on any atom is -0.465 e. The molecule has 1 amide bonds. The smallest absolute Gasteiger partial charge is 0.407 e. The number of carbonyl (C=O) groups is 1. The van der Waals surface area contributed by atoms with Crippen LogP contribution in [0.15, 0.2) is 18.2 Å². The Morgan fingerprint density at radius 2 is 2.17 bits per heavy atom. The summed E-state index contributed by atoms with van der Waals surface area (Å²) in [7, 11) is -3.32. The van der Waals surface area contributed by atoms with Gasteiger partial charge in [-0.25, -0.2) is 13.2 Å². The number of rotatable bonds is 2. The second-order valence-corrected chi connectivity index (χ2v) is 6.02. The molecule has 0 saturated carbocycles. The number of fused-ring (bicyclic) bond motifs is 1. The molecule has 6 nitrogen and oxygen atoms in total. The molecule has 0 aliphatic carbocycles. The van der Waals surface area contributed by atoms with Gasteiger partial charge in [0.25, 0.3) is 0 Å². The van der Waals surface area contributed by atoms with Gasteiger partial charge >= 0.3 is 6.09 Å². The third-order valence-electron chi connectivity index (χ3n) is 2.83. The highest BCUT2D eigenvalue weighted by atomic mass is 32.2. The average Bonchev–Trinajstić information content (AvgIpc) is 2.26. The van der Waals surface area contributed by atoms with Gasteiger partial charge in [0.15, 0.2) is 0 Å². The lowest BCUT2D eigenvalue weighted by Gasteiger charge is -2.27. The zero-order chi connectivity index (χ0) is 13.3. The molecule has 1 aliphatic heterocycles. The minimum absolute atomic E-state index is 0.296. The van der Waals surface area contributed by atoms with Crippen molar-refractivity contribution < 1.29 is 18.3 Å². The molecule has 0 fully saturated rings. The van der Waals surface area contributed by atoms with Gasteiger partial charge in [-0.1, -0.05) is 12.1 Å². The van der Waals surface area contributed by atoms with Gasteiger partial charge in [0.1, 0.15) is 0 Å². The fourth-order valence-corrected chi connectivity index (χ4v) is 2.66. The highest BCUT2D eigenvalue weighted by molar-refractivity contribution is 7.92. The van der Waals surface area contributed by atoms with Crippen molar-refractivity contribution >= 4 is 21.8 Å². The number of hydrogen-bond acceptors (Lipinski definition) is 3. The largest absolute Gasteiger partial charge is 0.465 e. The van der Waals surface area contributed by atoms with E-state index in [2.05, 4.69) is 4.72 Å². The lowest BCUT2D eigenvalue weighted by atomic mass is 9.98. The Labute approximate surface area is 105 Å².